The Morgan fingerprint density at radius 1 is 1.00 bits per heavy atom. The molecule has 4 rings (SSSR count). The van der Waals surface area contributed by atoms with Crippen molar-refractivity contribution in [2.75, 3.05) is 50.8 Å². The van der Waals surface area contributed by atoms with Gasteiger partial charge in [-0.15, -0.1) is 0 Å². The molecule has 31 heavy (non-hydrogen) atoms. The molecule has 0 N–H and O–H groups in total. The summed E-state index contributed by atoms with van der Waals surface area (Å²) in [6, 6.07) is 4.98. The van der Waals surface area contributed by atoms with Crippen molar-refractivity contribution in [2.24, 2.45) is 0 Å². The molecule has 3 saturated heterocycles. The molecule has 3 aliphatic rings. The quantitative estimate of drug-likeness (QED) is 0.656. The van der Waals surface area contributed by atoms with Crippen LogP contribution in [0.4, 0.5) is 0 Å². The van der Waals surface area contributed by atoms with E-state index in [2.05, 4.69) is 4.90 Å². The highest BCUT2D eigenvalue weighted by Crippen LogP contribution is 2.25. The standard InChI is InChI=1S/C21H31N3O5S2/c1-17-5-6-18(15-20(17)31(28,29)24-8-3-2-4-9-24)21(25)23-12-10-22(11-13-23)19-7-14-30(26,27)16-19/h5-6,15,19H,2-4,7-14,16H2,1H3. The van der Waals surface area contributed by atoms with Crippen molar-refractivity contribution < 1.29 is 21.6 Å². The van der Waals surface area contributed by atoms with Gasteiger partial charge in [-0.3, -0.25) is 9.69 Å². The Morgan fingerprint density at radius 2 is 1.68 bits per heavy atom. The molecule has 172 valence electrons. The van der Waals surface area contributed by atoms with Gasteiger partial charge in [0, 0.05) is 50.9 Å². The van der Waals surface area contributed by atoms with Crippen LogP contribution < -0.4 is 0 Å². The molecule has 0 radical (unpaired) electrons. The molecule has 8 nitrogen and oxygen atoms in total. The molecular weight excluding hydrogens is 438 g/mol. The third-order valence-corrected chi connectivity index (χ3v) is 10.5. The van der Waals surface area contributed by atoms with Crippen LogP contribution in [0.5, 0.6) is 0 Å². The minimum Gasteiger partial charge on any atom is -0.336 e. The maximum atomic E-state index is 13.1. The predicted octanol–water partition coefficient (Wildman–Crippen LogP) is 1.11. The van der Waals surface area contributed by atoms with Gasteiger partial charge in [0.15, 0.2) is 9.84 Å². The second-order valence-corrected chi connectivity index (χ2v) is 13.0. The number of sulfonamides is 1. The fourth-order valence-corrected chi connectivity index (χ4v) is 8.32. The molecule has 0 aliphatic carbocycles. The lowest BCUT2D eigenvalue weighted by Gasteiger charge is -2.37. The highest BCUT2D eigenvalue weighted by molar-refractivity contribution is 7.91. The number of nitrogens with zero attached hydrogens (tertiary/aromatic N) is 3. The third-order valence-electron chi connectivity index (χ3n) is 6.69. The van der Waals surface area contributed by atoms with Crippen LogP contribution in [0.1, 0.15) is 41.6 Å². The van der Waals surface area contributed by atoms with Crippen molar-refractivity contribution in [1.29, 1.82) is 0 Å². The lowest BCUT2D eigenvalue weighted by Crippen LogP contribution is -2.52. The Balaban J connectivity index is 1.45. The minimum absolute atomic E-state index is 0.0444. The van der Waals surface area contributed by atoms with Crippen molar-refractivity contribution in [3.63, 3.8) is 0 Å². The van der Waals surface area contributed by atoms with Crippen molar-refractivity contribution in [3.8, 4) is 0 Å². The number of carbonyl (C=O) groups excluding carboxylic acids is 1. The zero-order chi connectivity index (χ0) is 22.2. The summed E-state index contributed by atoms with van der Waals surface area (Å²) >= 11 is 0. The van der Waals surface area contributed by atoms with Gasteiger partial charge in [-0.1, -0.05) is 12.5 Å². The summed E-state index contributed by atoms with van der Waals surface area (Å²) in [5, 5.41) is 0. The Hall–Kier alpha value is -1.49. The van der Waals surface area contributed by atoms with Gasteiger partial charge in [-0.2, -0.15) is 4.31 Å². The summed E-state index contributed by atoms with van der Waals surface area (Å²) in [6.07, 6.45) is 3.43. The number of piperidine rings is 1. The fourth-order valence-electron chi connectivity index (χ4n) is 4.79. The van der Waals surface area contributed by atoms with Gasteiger partial charge in [-0.25, -0.2) is 16.8 Å². The largest absolute Gasteiger partial charge is 0.336 e. The van der Waals surface area contributed by atoms with Gasteiger partial charge in [0.2, 0.25) is 10.0 Å². The second kappa shape index (κ2) is 8.80. The number of hydrogen-bond donors (Lipinski definition) is 0. The summed E-state index contributed by atoms with van der Waals surface area (Å²) in [5.74, 6) is 0.277. The minimum atomic E-state index is -3.61. The molecule has 1 amide bonds. The third kappa shape index (κ3) is 4.81. The maximum absolute atomic E-state index is 13.1. The van der Waals surface area contributed by atoms with Crippen molar-refractivity contribution in [3.05, 3.63) is 29.3 Å². The van der Waals surface area contributed by atoms with Gasteiger partial charge in [0.25, 0.3) is 5.91 Å². The number of amides is 1. The van der Waals surface area contributed by atoms with E-state index in [4.69, 9.17) is 0 Å². The fraction of sp³-hybridized carbons (Fsp3) is 0.667. The first-order chi connectivity index (χ1) is 14.7. The number of piperazine rings is 1. The van der Waals surface area contributed by atoms with E-state index in [-0.39, 0.29) is 28.4 Å². The van der Waals surface area contributed by atoms with Crippen LogP contribution in [0.3, 0.4) is 0 Å². The number of carbonyl (C=O) groups is 1. The van der Waals surface area contributed by atoms with Gasteiger partial charge in [0.05, 0.1) is 16.4 Å². The first-order valence-corrected chi connectivity index (χ1v) is 14.3. The molecule has 1 atom stereocenters. The van der Waals surface area contributed by atoms with E-state index in [9.17, 15) is 21.6 Å². The molecule has 0 bridgehead atoms. The second-order valence-electron chi connectivity index (χ2n) is 8.83. The van der Waals surface area contributed by atoms with Crippen LogP contribution in [-0.2, 0) is 19.9 Å². The average molecular weight is 470 g/mol. The molecule has 3 heterocycles. The van der Waals surface area contributed by atoms with E-state index in [0.717, 1.165) is 19.3 Å². The normalized spacial score (nSPS) is 25.6. The van der Waals surface area contributed by atoms with E-state index in [1.54, 1.807) is 24.0 Å². The predicted molar refractivity (Wildman–Crippen MR) is 118 cm³/mol. The van der Waals surface area contributed by atoms with Crippen molar-refractivity contribution >= 4 is 25.8 Å². The Labute approximate surface area is 185 Å². The van der Waals surface area contributed by atoms with E-state index in [1.165, 1.54) is 10.4 Å². The molecule has 1 aromatic carbocycles. The molecular formula is C21H31N3O5S2. The summed E-state index contributed by atoms with van der Waals surface area (Å²) in [6.45, 7) is 5.11. The first-order valence-electron chi connectivity index (χ1n) is 11.0. The molecule has 0 saturated carbocycles. The lowest BCUT2D eigenvalue weighted by molar-refractivity contribution is 0.0587. The summed E-state index contributed by atoms with van der Waals surface area (Å²) < 4.78 is 51.3. The maximum Gasteiger partial charge on any atom is 0.253 e. The highest BCUT2D eigenvalue weighted by atomic mass is 32.2. The molecule has 1 aromatic rings. The van der Waals surface area contributed by atoms with E-state index in [1.807, 2.05) is 0 Å². The number of sulfone groups is 1. The molecule has 0 aromatic heterocycles. The van der Waals surface area contributed by atoms with Crippen molar-refractivity contribution in [2.45, 2.75) is 43.5 Å². The number of benzene rings is 1. The van der Waals surface area contributed by atoms with Crippen LogP contribution in [0.25, 0.3) is 0 Å². The van der Waals surface area contributed by atoms with Crippen LogP contribution in [-0.4, -0.2) is 93.7 Å². The first kappa shape index (κ1) is 22.7. The molecule has 1 unspecified atom stereocenters. The van der Waals surface area contributed by atoms with Gasteiger partial charge < -0.3 is 4.90 Å². The molecule has 3 aliphatic heterocycles. The van der Waals surface area contributed by atoms with Gasteiger partial charge in [-0.05, 0) is 43.9 Å². The van der Waals surface area contributed by atoms with Crippen molar-refractivity contribution in [1.82, 2.24) is 14.1 Å². The number of aryl methyl sites for hydroxylation is 1. The van der Waals surface area contributed by atoms with E-state index >= 15 is 0 Å². The topological polar surface area (TPSA) is 95.1 Å². The SMILES string of the molecule is Cc1ccc(C(=O)N2CCN(C3CCS(=O)(=O)C3)CC2)cc1S(=O)(=O)N1CCCCC1. The summed E-state index contributed by atoms with van der Waals surface area (Å²) in [4.78, 5) is 17.2. The monoisotopic (exact) mass is 469 g/mol. The van der Waals surface area contributed by atoms with Crippen LogP contribution in [0.15, 0.2) is 23.1 Å². The van der Waals surface area contributed by atoms with Gasteiger partial charge in [0.1, 0.15) is 0 Å². The number of rotatable bonds is 4. The molecule has 0 spiro atoms. The van der Waals surface area contributed by atoms with Gasteiger partial charge >= 0.3 is 0 Å². The number of hydrogen-bond acceptors (Lipinski definition) is 6. The summed E-state index contributed by atoms with van der Waals surface area (Å²) in [7, 11) is -6.55. The average Bonchev–Trinajstić information content (AvgIpc) is 3.14. The van der Waals surface area contributed by atoms with E-state index in [0.29, 0.717) is 56.8 Å². The van der Waals surface area contributed by atoms with Crippen LogP contribution >= 0.6 is 0 Å². The van der Waals surface area contributed by atoms with Crippen LogP contribution in [0, 0.1) is 6.92 Å². The molecule has 10 heteroatoms. The van der Waals surface area contributed by atoms with Crippen LogP contribution in [0.2, 0.25) is 0 Å². The Kier molecular flexibility index (Phi) is 6.44. The lowest BCUT2D eigenvalue weighted by atomic mass is 10.1. The zero-order valence-corrected chi connectivity index (χ0v) is 19.6. The zero-order valence-electron chi connectivity index (χ0n) is 18.0. The Bertz CT molecular complexity index is 1040. The molecule has 3 fully saturated rings. The summed E-state index contributed by atoms with van der Waals surface area (Å²) in [5.41, 5.74) is 1.03. The van der Waals surface area contributed by atoms with E-state index < -0.39 is 19.9 Å². The Morgan fingerprint density at radius 3 is 2.29 bits per heavy atom. The smallest absolute Gasteiger partial charge is 0.253 e. The highest BCUT2D eigenvalue weighted by Gasteiger charge is 2.35.